The number of rotatable bonds is 3. The van der Waals surface area contributed by atoms with Crippen LogP contribution in [0.25, 0.3) is 0 Å². The van der Waals surface area contributed by atoms with Crippen molar-refractivity contribution in [1.29, 1.82) is 0 Å². The molecule has 0 aliphatic heterocycles. The minimum Gasteiger partial charge on any atom is -0.465 e. The van der Waals surface area contributed by atoms with Gasteiger partial charge in [-0.1, -0.05) is 15.9 Å². The molecule has 19 heavy (non-hydrogen) atoms. The molecule has 5 heteroatoms. The number of hydrogen-bond acceptors (Lipinski definition) is 4. The fraction of sp³-hybridized carbons (Fsp3) is 0.0714. The van der Waals surface area contributed by atoms with E-state index in [1.54, 1.807) is 30.3 Å². The summed E-state index contributed by atoms with van der Waals surface area (Å²) in [4.78, 5) is 11.4. The maximum atomic E-state index is 11.4. The molecule has 0 saturated heterocycles. The molecule has 0 spiro atoms. The van der Waals surface area contributed by atoms with Crippen LogP contribution in [0.4, 0.5) is 5.69 Å². The standard InChI is InChI=1S/C14H12BrNO3/c1-18-14(17)9-2-7-12(16)13(8-9)19-11-5-3-10(15)4-6-11/h2-8H,16H2,1H3. The van der Waals surface area contributed by atoms with Crippen molar-refractivity contribution in [1.82, 2.24) is 0 Å². The van der Waals surface area contributed by atoms with Gasteiger partial charge in [0.15, 0.2) is 5.75 Å². The van der Waals surface area contributed by atoms with Crippen molar-refractivity contribution in [3.8, 4) is 11.5 Å². The van der Waals surface area contributed by atoms with E-state index in [-0.39, 0.29) is 0 Å². The number of anilines is 1. The highest BCUT2D eigenvalue weighted by Crippen LogP contribution is 2.29. The number of esters is 1. The van der Waals surface area contributed by atoms with Gasteiger partial charge in [0.05, 0.1) is 18.4 Å². The molecule has 0 aliphatic carbocycles. The monoisotopic (exact) mass is 321 g/mol. The Morgan fingerprint density at radius 1 is 1.16 bits per heavy atom. The van der Waals surface area contributed by atoms with E-state index >= 15 is 0 Å². The van der Waals surface area contributed by atoms with Crippen LogP contribution >= 0.6 is 15.9 Å². The normalized spacial score (nSPS) is 10.0. The van der Waals surface area contributed by atoms with Gasteiger partial charge in [-0.05, 0) is 42.5 Å². The number of carbonyl (C=O) groups excluding carboxylic acids is 1. The average Bonchev–Trinajstić information content (AvgIpc) is 2.43. The molecule has 0 unspecified atom stereocenters. The summed E-state index contributed by atoms with van der Waals surface area (Å²) in [6.45, 7) is 0. The lowest BCUT2D eigenvalue weighted by molar-refractivity contribution is 0.0600. The third-order valence-corrected chi connectivity index (χ3v) is 3.00. The molecule has 0 aromatic heterocycles. The van der Waals surface area contributed by atoms with Crippen LogP contribution in [-0.4, -0.2) is 13.1 Å². The SMILES string of the molecule is COC(=O)c1ccc(N)c(Oc2ccc(Br)cc2)c1. The minimum absolute atomic E-state index is 0.392. The molecule has 0 saturated carbocycles. The Kier molecular flexibility index (Phi) is 4.06. The molecular formula is C14H12BrNO3. The molecule has 98 valence electrons. The Labute approximate surface area is 119 Å². The van der Waals surface area contributed by atoms with Gasteiger partial charge < -0.3 is 15.2 Å². The van der Waals surface area contributed by atoms with Crippen LogP contribution in [-0.2, 0) is 4.74 Å². The summed E-state index contributed by atoms with van der Waals surface area (Å²) in [5.41, 5.74) is 6.67. The smallest absolute Gasteiger partial charge is 0.337 e. The molecule has 0 aliphatic rings. The molecule has 0 atom stereocenters. The Hall–Kier alpha value is -2.01. The lowest BCUT2D eigenvalue weighted by Gasteiger charge is -2.09. The predicted molar refractivity (Wildman–Crippen MR) is 76.4 cm³/mol. The number of nitrogens with two attached hydrogens (primary N) is 1. The van der Waals surface area contributed by atoms with Crippen molar-refractivity contribution in [2.75, 3.05) is 12.8 Å². The van der Waals surface area contributed by atoms with Crippen molar-refractivity contribution in [2.24, 2.45) is 0 Å². The number of hydrogen-bond donors (Lipinski definition) is 1. The maximum Gasteiger partial charge on any atom is 0.337 e. The van der Waals surface area contributed by atoms with Gasteiger partial charge in [0, 0.05) is 4.47 Å². The number of nitrogen functional groups attached to an aromatic ring is 1. The largest absolute Gasteiger partial charge is 0.465 e. The van der Waals surface area contributed by atoms with Gasteiger partial charge >= 0.3 is 5.97 Å². The van der Waals surface area contributed by atoms with Crippen molar-refractivity contribution in [3.05, 3.63) is 52.5 Å². The number of ether oxygens (including phenoxy) is 2. The first-order valence-electron chi connectivity index (χ1n) is 5.51. The zero-order valence-corrected chi connectivity index (χ0v) is 11.8. The van der Waals surface area contributed by atoms with Crippen molar-refractivity contribution < 1.29 is 14.3 Å². The molecule has 2 aromatic carbocycles. The fourth-order valence-corrected chi connectivity index (χ4v) is 1.76. The van der Waals surface area contributed by atoms with Crippen LogP contribution in [0.2, 0.25) is 0 Å². The summed E-state index contributed by atoms with van der Waals surface area (Å²) < 4.78 is 11.3. The van der Waals surface area contributed by atoms with E-state index in [9.17, 15) is 4.79 Å². The first kappa shape index (κ1) is 13.4. The van der Waals surface area contributed by atoms with Crippen LogP contribution in [0.3, 0.4) is 0 Å². The van der Waals surface area contributed by atoms with E-state index in [4.69, 9.17) is 10.5 Å². The molecule has 0 amide bonds. The molecule has 0 bridgehead atoms. The quantitative estimate of drug-likeness (QED) is 0.693. The first-order valence-corrected chi connectivity index (χ1v) is 6.30. The van der Waals surface area contributed by atoms with Crippen molar-refractivity contribution >= 4 is 27.6 Å². The van der Waals surface area contributed by atoms with Crippen LogP contribution in [0.5, 0.6) is 11.5 Å². The average molecular weight is 322 g/mol. The van der Waals surface area contributed by atoms with Gasteiger partial charge in [-0.15, -0.1) is 0 Å². The topological polar surface area (TPSA) is 61.5 Å². The third-order valence-electron chi connectivity index (χ3n) is 2.48. The van der Waals surface area contributed by atoms with Crippen LogP contribution in [0.1, 0.15) is 10.4 Å². The second kappa shape index (κ2) is 5.75. The summed E-state index contributed by atoms with van der Waals surface area (Å²) in [5.74, 6) is 0.628. The highest BCUT2D eigenvalue weighted by atomic mass is 79.9. The van der Waals surface area contributed by atoms with E-state index < -0.39 is 5.97 Å². The zero-order chi connectivity index (χ0) is 13.8. The highest BCUT2D eigenvalue weighted by molar-refractivity contribution is 9.10. The second-order valence-corrected chi connectivity index (χ2v) is 4.72. The van der Waals surface area contributed by atoms with Crippen molar-refractivity contribution in [3.63, 3.8) is 0 Å². The van der Waals surface area contributed by atoms with Gasteiger partial charge in [-0.2, -0.15) is 0 Å². The second-order valence-electron chi connectivity index (χ2n) is 3.80. The fourth-order valence-electron chi connectivity index (χ4n) is 1.50. The third kappa shape index (κ3) is 3.26. The maximum absolute atomic E-state index is 11.4. The molecule has 2 aromatic rings. The molecular weight excluding hydrogens is 310 g/mol. The first-order chi connectivity index (χ1) is 9.10. The molecule has 2 rings (SSSR count). The Balaban J connectivity index is 2.28. The minimum atomic E-state index is -0.430. The number of carbonyl (C=O) groups is 1. The summed E-state index contributed by atoms with van der Waals surface area (Å²) in [6, 6.07) is 12.1. The Morgan fingerprint density at radius 2 is 1.84 bits per heavy atom. The zero-order valence-electron chi connectivity index (χ0n) is 10.2. The van der Waals surface area contributed by atoms with Crippen molar-refractivity contribution in [2.45, 2.75) is 0 Å². The molecule has 0 radical (unpaired) electrons. The molecule has 0 fully saturated rings. The summed E-state index contributed by atoms with van der Waals surface area (Å²) in [5, 5.41) is 0. The lowest BCUT2D eigenvalue weighted by atomic mass is 10.2. The van der Waals surface area contributed by atoms with Gasteiger partial charge in [0.25, 0.3) is 0 Å². The summed E-state index contributed by atoms with van der Waals surface area (Å²) in [7, 11) is 1.33. The molecule has 2 N–H and O–H groups in total. The van der Waals surface area contributed by atoms with Gasteiger partial charge in [0.1, 0.15) is 5.75 Å². The van der Waals surface area contributed by atoms with E-state index in [1.165, 1.54) is 7.11 Å². The lowest BCUT2D eigenvalue weighted by Crippen LogP contribution is -2.02. The van der Waals surface area contributed by atoms with E-state index in [2.05, 4.69) is 20.7 Å². The number of halogens is 1. The van der Waals surface area contributed by atoms with Crippen LogP contribution in [0, 0.1) is 0 Å². The van der Waals surface area contributed by atoms with Gasteiger partial charge in [-0.3, -0.25) is 0 Å². The van der Waals surface area contributed by atoms with Crippen LogP contribution < -0.4 is 10.5 Å². The molecule has 4 nitrogen and oxygen atoms in total. The predicted octanol–water partition coefficient (Wildman–Crippen LogP) is 3.61. The number of methoxy groups -OCH3 is 1. The molecule has 0 heterocycles. The highest BCUT2D eigenvalue weighted by Gasteiger charge is 2.10. The number of benzene rings is 2. The Morgan fingerprint density at radius 3 is 2.47 bits per heavy atom. The summed E-state index contributed by atoms with van der Waals surface area (Å²) in [6.07, 6.45) is 0. The van der Waals surface area contributed by atoms with Gasteiger partial charge in [0.2, 0.25) is 0 Å². The van der Waals surface area contributed by atoms with Crippen LogP contribution in [0.15, 0.2) is 46.9 Å². The van der Waals surface area contributed by atoms with Gasteiger partial charge in [-0.25, -0.2) is 4.79 Å². The Bertz CT molecular complexity index is 596. The van der Waals surface area contributed by atoms with E-state index in [0.717, 1.165) is 4.47 Å². The van der Waals surface area contributed by atoms with E-state index in [1.807, 2.05) is 12.1 Å². The summed E-state index contributed by atoms with van der Waals surface area (Å²) >= 11 is 3.34. The van der Waals surface area contributed by atoms with E-state index in [0.29, 0.717) is 22.7 Å².